The molecule has 192 valence electrons. The Hall–Kier alpha value is -2.58. The zero-order chi connectivity index (χ0) is 26.3. The van der Waals surface area contributed by atoms with Crippen molar-refractivity contribution in [2.24, 2.45) is 0 Å². The summed E-state index contributed by atoms with van der Waals surface area (Å²) in [6.07, 6.45) is 2.21. The van der Waals surface area contributed by atoms with E-state index in [4.69, 9.17) is 11.6 Å². The molecule has 0 saturated heterocycles. The zero-order valence-corrected chi connectivity index (χ0v) is 22.9. The van der Waals surface area contributed by atoms with Gasteiger partial charge in [-0.25, -0.2) is 8.42 Å². The van der Waals surface area contributed by atoms with E-state index in [2.05, 4.69) is 5.32 Å². The van der Waals surface area contributed by atoms with Crippen LogP contribution in [0.4, 0.5) is 5.69 Å². The Morgan fingerprint density at radius 2 is 1.69 bits per heavy atom. The highest BCUT2D eigenvalue weighted by molar-refractivity contribution is 7.92. The fourth-order valence-corrected chi connectivity index (χ4v) is 4.96. The molecule has 0 bridgehead atoms. The Balaban J connectivity index is 2.49. The molecule has 0 fully saturated rings. The monoisotopic (exact) mass is 521 g/mol. The summed E-state index contributed by atoms with van der Waals surface area (Å²) in [4.78, 5) is 28.4. The Kier molecular flexibility index (Phi) is 10.2. The lowest BCUT2D eigenvalue weighted by Gasteiger charge is -2.34. The summed E-state index contributed by atoms with van der Waals surface area (Å²) >= 11 is 6.06. The summed E-state index contributed by atoms with van der Waals surface area (Å²) in [5, 5.41) is 3.44. The van der Waals surface area contributed by atoms with Gasteiger partial charge >= 0.3 is 0 Å². The lowest BCUT2D eigenvalue weighted by Crippen LogP contribution is -2.53. The van der Waals surface area contributed by atoms with Crippen LogP contribution in [0.15, 0.2) is 42.5 Å². The van der Waals surface area contributed by atoms with E-state index in [-0.39, 0.29) is 18.5 Å². The summed E-state index contributed by atoms with van der Waals surface area (Å²) in [5.41, 5.74) is 2.88. The summed E-state index contributed by atoms with van der Waals surface area (Å²) in [6.45, 7) is 9.17. The predicted molar refractivity (Wildman–Crippen MR) is 142 cm³/mol. The van der Waals surface area contributed by atoms with Crippen LogP contribution in [0.3, 0.4) is 0 Å². The highest BCUT2D eigenvalue weighted by Gasteiger charge is 2.32. The largest absolute Gasteiger partial charge is 0.352 e. The third-order valence-corrected chi connectivity index (χ3v) is 7.46. The summed E-state index contributed by atoms with van der Waals surface area (Å²) < 4.78 is 26.6. The molecule has 0 aliphatic rings. The van der Waals surface area contributed by atoms with Crippen molar-refractivity contribution in [2.45, 2.75) is 66.1 Å². The van der Waals surface area contributed by atoms with E-state index >= 15 is 0 Å². The predicted octanol–water partition coefficient (Wildman–Crippen LogP) is 4.44. The van der Waals surface area contributed by atoms with E-state index in [1.165, 1.54) is 4.90 Å². The smallest absolute Gasteiger partial charge is 0.244 e. The molecule has 2 aromatic rings. The van der Waals surface area contributed by atoms with Crippen molar-refractivity contribution in [1.29, 1.82) is 0 Å². The highest BCUT2D eigenvalue weighted by atomic mass is 35.5. The highest BCUT2D eigenvalue weighted by Crippen LogP contribution is 2.26. The number of hydrogen-bond acceptors (Lipinski definition) is 4. The molecule has 2 rings (SSSR count). The fourth-order valence-electron chi connectivity index (χ4n) is 3.83. The summed E-state index contributed by atoms with van der Waals surface area (Å²) in [5.74, 6) is -0.712. The molecule has 0 aromatic heterocycles. The zero-order valence-electron chi connectivity index (χ0n) is 21.3. The number of hydrogen-bond donors (Lipinski definition) is 1. The summed E-state index contributed by atoms with van der Waals surface area (Å²) in [7, 11) is -3.80. The second kappa shape index (κ2) is 12.4. The van der Waals surface area contributed by atoms with Gasteiger partial charge in [0.25, 0.3) is 0 Å². The van der Waals surface area contributed by atoms with Gasteiger partial charge in [-0.05, 0) is 68.5 Å². The topological polar surface area (TPSA) is 86.8 Å². The Morgan fingerprint density at radius 3 is 2.23 bits per heavy atom. The molecule has 0 heterocycles. The second-order valence-electron chi connectivity index (χ2n) is 8.89. The number of carbonyl (C=O) groups excluding carboxylic acids is 2. The van der Waals surface area contributed by atoms with Crippen LogP contribution in [0.2, 0.25) is 5.02 Å². The molecule has 0 radical (unpaired) electrons. The van der Waals surface area contributed by atoms with E-state index in [0.29, 0.717) is 22.7 Å². The third kappa shape index (κ3) is 7.70. The number of amides is 2. The normalized spacial score (nSPS) is 13.1. The van der Waals surface area contributed by atoms with Gasteiger partial charge in [0, 0.05) is 17.6 Å². The molecule has 0 saturated carbocycles. The molecule has 0 unspecified atom stereocenters. The number of anilines is 1. The molecule has 2 amide bonds. The van der Waals surface area contributed by atoms with Crippen LogP contribution < -0.4 is 9.62 Å². The van der Waals surface area contributed by atoms with E-state index in [0.717, 1.165) is 28.1 Å². The average Bonchev–Trinajstić information content (AvgIpc) is 2.78. The van der Waals surface area contributed by atoms with E-state index in [1.54, 1.807) is 25.1 Å². The van der Waals surface area contributed by atoms with Crippen LogP contribution in [0, 0.1) is 13.8 Å². The van der Waals surface area contributed by atoms with Crippen molar-refractivity contribution < 1.29 is 18.0 Å². The average molecular weight is 522 g/mol. The van der Waals surface area contributed by atoms with E-state index in [1.807, 2.05) is 52.0 Å². The molecule has 35 heavy (non-hydrogen) atoms. The molecule has 2 atom stereocenters. The molecule has 1 N–H and O–H groups in total. The van der Waals surface area contributed by atoms with Crippen molar-refractivity contribution in [3.63, 3.8) is 0 Å². The molecular weight excluding hydrogens is 486 g/mol. The molecule has 9 heteroatoms. The minimum atomic E-state index is -3.80. The third-order valence-electron chi connectivity index (χ3n) is 6.10. The van der Waals surface area contributed by atoms with Gasteiger partial charge in [-0.2, -0.15) is 0 Å². The first-order chi connectivity index (χ1) is 16.4. The van der Waals surface area contributed by atoms with Gasteiger partial charge in [-0.1, -0.05) is 49.7 Å². The maximum atomic E-state index is 13.7. The fraction of sp³-hybridized carbons (Fsp3) is 0.462. The first kappa shape index (κ1) is 28.7. The van der Waals surface area contributed by atoms with Gasteiger partial charge in [0.05, 0.1) is 11.9 Å². The van der Waals surface area contributed by atoms with Gasteiger partial charge in [-0.15, -0.1) is 0 Å². The van der Waals surface area contributed by atoms with Crippen LogP contribution in [0.1, 0.15) is 50.3 Å². The SMILES string of the molecule is CC[C@@H](C)NC(=O)[C@H](CC)N(Cc1ccccc1C)C(=O)CN(c1ccc(Cl)cc1C)S(C)(=O)=O. The lowest BCUT2D eigenvalue weighted by molar-refractivity contribution is -0.140. The van der Waals surface area contributed by atoms with Crippen LogP contribution in [-0.4, -0.2) is 50.0 Å². The van der Waals surface area contributed by atoms with Crippen LogP contribution in [0.25, 0.3) is 0 Å². The van der Waals surface area contributed by atoms with Crippen LogP contribution in [-0.2, 0) is 26.2 Å². The number of nitrogens with one attached hydrogen (secondary N) is 1. The van der Waals surface area contributed by atoms with Crippen molar-refractivity contribution in [1.82, 2.24) is 10.2 Å². The van der Waals surface area contributed by atoms with Crippen molar-refractivity contribution in [3.05, 3.63) is 64.2 Å². The quantitative estimate of drug-likeness (QED) is 0.473. The number of aryl methyl sites for hydroxylation is 2. The lowest BCUT2D eigenvalue weighted by atomic mass is 10.1. The van der Waals surface area contributed by atoms with Crippen molar-refractivity contribution >= 4 is 39.1 Å². The summed E-state index contributed by atoms with van der Waals surface area (Å²) in [6, 6.07) is 11.7. The molecule has 0 aliphatic heterocycles. The number of nitrogens with zero attached hydrogens (tertiary/aromatic N) is 2. The van der Waals surface area contributed by atoms with Crippen LogP contribution in [0.5, 0.6) is 0 Å². The maximum absolute atomic E-state index is 13.7. The minimum absolute atomic E-state index is 0.0452. The van der Waals surface area contributed by atoms with Gasteiger partial charge in [0.1, 0.15) is 12.6 Å². The first-order valence-corrected chi connectivity index (χ1v) is 14.0. The molecule has 0 spiro atoms. The van der Waals surface area contributed by atoms with Gasteiger partial charge < -0.3 is 10.2 Å². The van der Waals surface area contributed by atoms with Gasteiger partial charge in [0.2, 0.25) is 21.8 Å². The molecule has 7 nitrogen and oxygen atoms in total. The Bertz CT molecular complexity index is 1150. The number of benzene rings is 2. The number of carbonyl (C=O) groups is 2. The van der Waals surface area contributed by atoms with Crippen LogP contribution >= 0.6 is 11.6 Å². The Labute approximate surface area is 214 Å². The Morgan fingerprint density at radius 1 is 1.03 bits per heavy atom. The molecule has 0 aliphatic carbocycles. The standard InChI is InChI=1S/C26H36ClN3O4S/c1-7-20(5)28-26(32)23(8-2)29(16-21-12-10-9-11-18(21)3)25(31)17-30(35(6,33)34)24-14-13-22(27)15-19(24)4/h9-15,20,23H,7-8,16-17H2,1-6H3,(H,28,32)/t20-,23+/m1/s1. The van der Waals surface area contributed by atoms with Crippen molar-refractivity contribution in [3.8, 4) is 0 Å². The van der Waals surface area contributed by atoms with Gasteiger partial charge in [-0.3, -0.25) is 13.9 Å². The number of halogens is 1. The second-order valence-corrected chi connectivity index (χ2v) is 11.2. The molecule has 2 aromatic carbocycles. The first-order valence-electron chi connectivity index (χ1n) is 11.8. The van der Waals surface area contributed by atoms with E-state index in [9.17, 15) is 18.0 Å². The maximum Gasteiger partial charge on any atom is 0.244 e. The van der Waals surface area contributed by atoms with Crippen molar-refractivity contribution in [2.75, 3.05) is 17.1 Å². The van der Waals surface area contributed by atoms with Gasteiger partial charge in [0.15, 0.2) is 0 Å². The van der Waals surface area contributed by atoms with E-state index < -0.39 is 28.5 Å². The molecular formula is C26H36ClN3O4S. The number of sulfonamides is 1. The minimum Gasteiger partial charge on any atom is -0.352 e. The number of rotatable bonds is 11.